The first-order chi connectivity index (χ1) is 10.3. The Balaban J connectivity index is 1.50. The fourth-order valence-electron chi connectivity index (χ4n) is 2.43. The van der Waals surface area contributed by atoms with E-state index in [1.54, 1.807) is 11.0 Å². The number of carbonyl (C=O) groups is 1. The molecule has 0 spiro atoms. The lowest BCUT2D eigenvalue weighted by atomic mass is 10.0. The summed E-state index contributed by atoms with van der Waals surface area (Å²) in [7, 11) is 0. The highest BCUT2D eigenvalue weighted by Crippen LogP contribution is 2.25. The lowest BCUT2D eigenvalue weighted by molar-refractivity contribution is -0.120. The van der Waals surface area contributed by atoms with Gasteiger partial charge in [0.2, 0.25) is 5.91 Å². The third kappa shape index (κ3) is 3.59. The predicted molar refractivity (Wildman–Crippen MR) is 77.0 cm³/mol. The Bertz CT molecular complexity index is 610. The van der Waals surface area contributed by atoms with Crippen LogP contribution in [0.2, 0.25) is 0 Å². The molecule has 1 aliphatic rings. The minimum atomic E-state index is 0.0202. The van der Waals surface area contributed by atoms with Crippen LogP contribution in [0.1, 0.15) is 17.5 Å². The van der Waals surface area contributed by atoms with Crippen molar-refractivity contribution in [2.75, 3.05) is 13.2 Å². The molecule has 0 saturated heterocycles. The fraction of sp³-hybridized carbons (Fsp3) is 0.400. The molecule has 2 aromatic rings. The molecule has 6 nitrogen and oxygen atoms in total. The number of carbonyl (C=O) groups excluding carboxylic acids is 1. The van der Waals surface area contributed by atoms with Crippen LogP contribution in [0.15, 0.2) is 30.9 Å². The Morgan fingerprint density at radius 1 is 1.43 bits per heavy atom. The van der Waals surface area contributed by atoms with Crippen molar-refractivity contribution in [1.29, 1.82) is 0 Å². The Labute approximate surface area is 123 Å². The molecule has 0 aliphatic carbocycles. The summed E-state index contributed by atoms with van der Waals surface area (Å²) in [5, 5.41) is 6.88. The highest BCUT2D eigenvalue weighted by molar-refractivity contribution is 5.78. The molecular weight excluding hydrogens is 268 g/mol. The van der Waals surface area contributed by atoms with Crippen molar-refractivity contribution in [2.24, 2.45) is 0 Å². The number of ether oxygens (including phenoxy) is 1. The van der Waals surface area contributed by atoms with E-state index in [4.69, 9.17) is 4.74 Å². The highest BCUT2D eigenvalue weighted by atomic mass is 16.5. The average Bonchev–Trinajstić information content (AvgIpc) is 3.00. The van der Waals surface area contributed by atoms with Crippen molar-refractivity contribution in [3.8, 4) is 5.75 Å². The van der Waals surface area contributed by atoms with E-state index in [0.29, 0.717) is 19.5 Å². The zero-order chi connectivity index (χ0) is 14.5. The summed E-state index contributed by atoms with van der Waals surface area (Å²) in [5.74, 6) is 0.975. The van der Waals surface area contributed by atoms with Crippen LogP contribution in [-0.2, 0) is 24.2 Å². The number of amides is 1. The van der Waals surface area contributed by atoms with Crippen molar-refractivity contribution < 1.29 is 9.53 Å². The third-order valence-corrected chi connectivity index (χ3v) is 3.47. The van der Waals surface area contributed by atoms with Gasteiger partial charge in [-0.3, -0.25) is 9.48 Å². The van der Waals surface area contributed by atoms with E-state index in [1.165, 1.54) is 11.9 Å². The summed E-state index contributed by atoms with van der Waals surface area (Å²) < 4.78 is 7.26. The molecule has 1 amide bonds. The molecule has 3 rings (SSSR count). The van der Waals surface area contributed by atoms with Crippen molar-refractivity contribution in [1.82, 2.24) is 20.1 Å². The molecule has 1 N–H and O–H groups in total. The molecule has 0 fully saturated rings. The first kappa shape index (κ1) is 13.6. The molecule has 0 unspecified atom stereocenters. The van der Waals surface area contributed by atoms with Crippen LogP contribution in [-0.4, -0.2) is 33.8 Å². The number of aryl methyl sites for hydroxylation is 1. The van der Waals surface area contributed by atoms with E-state index < -0.39 is 0 Å². The SMILES string of the molecule is O=C(Cc1ccc2c(c1)CCCO2)NCCn1cncn1. The molecule has 0 radical (unpaired) electrons. The van der Waals surface area contributed by atoms with Gasteiger partial charge < -0.3 is 10.1 Å². The van der Waals surface area contributed by atoms with Gasteiger partial charge in [-0.05, 0) is 30.0 Å². The topological polar surface area (TPSA) is 69.0 Å². The molecular formula is C15H18N4O2. The Morgan fingerprint density at radius 3 is 3.24 bits per heavy atom. The van der Waals surface area contributed by atoms with Crippen molar-refractivity contribution in [3.63, 3.8) is 0 Å². The molecule has 0 atom stereocenters. The third-order valence-electron chi connectivity index (χ3n) is 3.47. The maximum atomic E-state index is 11.9. The van der Waals surface area contributed by atoms with Crippen LogP contribution < -0.4 is 10.1 Å². The molecule has 1 aromatic heterocycles. The largest absolute Gasteiger partial charge is 0.493 e. The van der Waals surface area contributed by atoms with Crippen LogP contribution in [0.4, 0.5) is 0 Å². The normalized spacial score (nSPS) is 13.3. The smallest absolute Gasteiger partial charge is 0.224 e. The average molecular weight is 286 g/mol. The van der Waals surface area contributed by atoms with Crippen LogP contribution in [0.3, 0.4) is 0 Å². The first-order valence-electron chi connectivity index (χ1n) is 7.15. The van der Waals surface area contributed by atoms with E-state index >= 15 is 0 Å². The summed E-state index contributed by atoms with van der Waals surface area (Å²) in [6.07, 6.45) is 5.58. The second kappa shape index (κ2) is 6.39. The fourth-order valence-corrected chi connectivity index (χ4v) is 2.43. The van der Waals surface area contributed by atoms with Gasteiger partial charge in [0.1, 0.15) is 18.4 Å². The van der Waals surface area contributed by atoms with Gasteiger partial charge in [-0.25, -0.2) is 4.98 Å². The number of nitrogens with zero attached hydrogens (tertiary/aromatic N) is 3. The van der Waals surface area contributed by atoms with Gasteiger partial charge in [-0.1, -0.05) is 12.1 Å². The highest BCUT2D eigenvalue weighted by Gasteiger charge is 2.11. The monoisotopic (exact) mass is 286 g/mol. The van der Waals surface area contributed by atoms with Gasteiger partial charge in [-0.15, -0.1) is 0 Å². The van der Waals surface area contributed by atoms with Crippen molar-refractivity contribution in [2.45, 2.75) is 25.8 Å². The summed E-state index contributed by atoms with van der Waals surface area (Å²) in [5.41, 5.74) is 2.23. The second-order valence-electron chi connectivity index (χ2n) is 5.08. The molecule has 1 aliphatic heterocycles. The van der Waals surface area contributed by atoms with Crippen molar-refractivity contribution >= 4 is 5.91 Å². The molecule has 0 saturated carbocycles. The molecule has 110 valence electrons. The van der Waals surface area contributed by atoms with Crippen LogP contribution in [0, 0.1) is 0 Å². The molecule has 21 heavy (non-hydrogen) atoms. The minimum absolute atomic E-state index is 0.0202. The number of nitrogens with one attached hydrogen (secondary N) is 1. The Hall–Kier alpha value is -2.37. The number of rotatable bonds is 5. The summed E-state index contributed by atoms with van der Waals surface area (Å²) >= 11 is 0. The number of benzene rings is 1. The molecule has 6 heteroatoms. The van der Waals surface area contributed by atoms with E-state index in [-0.39, 0.29) is 5.91 Å². The number of fused-ring (bicyclic) bond motifs is 1. The zero-order valence-electron chi connectivity index (χ0n) is 11.8. The van der Waals surface area contributed by atoms with Crippen molar-refractivity contribution in [3.05, 3.63) is 42.0 Å². The van der Waals surface area contributed by atoms with E-state index in [1.807, 2.05) is 12.1 Å². The van der Waals surface area contributed by atoms with E-state index in [2.05, 4.69) is 21.5 Å². The minimum Gasteiger partial charge on any atom is -0.493 e. The Kier molecular flexibility index (Phi) is 4.14. The maximum absolute atomic E-state index is 11.9. The van der Waals surface area contributed by atoms with Gasteiger partial charge in [0.15, 0.2) is 0 Å². The lowest BCUT2D eigenvalue weighted by Crippen LogP contribution is -2.28. The maximum Gasteiger partial charge on any atom is 0.224 e. The number of hydrogen-bond donors (Lipinski definition) is 1. The first-order valence-corrected chi connectivity index (χ1v) is 7.15. The molecule has 1 aromatic carbocycles. The molecule has 2 heterocycles. The molecule has 0 bridgehead atoms. The number of hydrogen-bond acceptors (Lipinski definition) is 4. The van der Waals surface area contributed by atoms with Crippen LogP contribution >= 0.6 is 0 Å². The van der Waals surface area contributed by atoms with Gasteiger partial charge in [-0.2, -0.15) is 5.10 Å². The summed E-state index contributed by atoms with van der Waals surface area (Å²) in [6.45, 7) is 1.97. The van der Waals surface area contributed by atoms with Crippen LogP contribution in [0.5, 0.6) is 5.75 Å². The summed E-state index contributed by atoms with van der Waals surface area (Å²) in [4.78, 5) is 15.8. The number of aromatic nitrogens is 3. The van der Waals surface area contributed by atoms with E-state index in [0.717, 1.165) is 30.8 Å². The standard InChI is InChI=1S/C15H18N4O2/c20-15(17-5-6-19-11-16-10-18-19)9-12-3-4-14-13(8-12)2-1-7-21-14/h3-4,8,10-11H,1-2,5-7,9H2,(H,17,20). The van der Waals surface area contributed by atoms with Gasteiger partial charge in [0.25, 0.3) is 0 Å². The Morgan fingerprint density at radius 2 is 2.38 bits per heavy atom. The lowest BCUT2D eigenvalue weighted by Gasteiger charge is -2.17. The van der Waals surface area contributed by atoms with Crippen LogP contribution in [0.25, 0.3) is 0 Å². The van der Waals surface area contributed by atoms with E-state index in [9.17, 15) is 4.79 Å². The second-order valence-corrected chi connectivity index (χ2v) is 5.08. The van der Waals surface area contributed by atoms with Gasteiger partial charge in [0.05, 0.1) is 19.6 Å². The quantitative estimate of drug-likeness (QED) is 0.889. The van der Waals surface area contributed by atoms with Gasteiger partial charge in [0, 0.05) is 6.54 Å². The summed E-state index contributed by atoms with van der Waals surface area (Å²) in [6, 6.07) is 6.00. The predicted octanol–water partition coefficient (Wildman–Crippen LogP) is 0.962. The van der Waals surface area contributed by atoms with Gasteiger partial charge >= 0.3 is 0 Å². The zero-order valence-corrected chi connectivity index (χ0v) is 11.8.